The molecule has 0 fully saturated rings. The van der Waals surface area contributed by atoms with Gasteiger partial charge in [0.25, 0.3) is 10.0 Å². The molecule has 1 rings (SSSR count). The van der Waals surface area contributed by atoms with Crippen molar-refractivity contribution in [1.82, 2.24) is 4.98 Å². The summed E-state index contributed by atoms with van der Waals surface area (Å²) in [6.07, 6.45) is 1.28. The highest BCUT2D eigenvalue weighted by molar-refractivity contribution is 7.89. The number of carbonyl (C=O) groups excluding carboxylic acids is 1. The Bertz CT molecular complexity index is 496. The lowest BCUT2D eigenvalue weighted by atomic mass is 10.2. The van der Waals surface area contributed by atoms with Crippen molar-refractivity contribution in [2.75, 3.05) is 5.32 Å². The highest BCUT2D eigenvalue weighted by Gasteiger charge is 2.15. The van der Waals surface area contributed by atoms with Crippen LogP contribution in [0.25, 0.3) is 0 Å². The summed E-state index contributed by atoms with van der Waals surface area (Å²) >= 11 is 0. The standard InChI is InChI=1S/C8H11N3O3S/c1-5-7(11-6(2)12)3-4-10-8(5)15(9,13)14/h3-4H,1-2H3,(H2,9,13,14)(H,10,11,12). The van der Waals surface area contributed by atoms with Gasteiger partial charge in [-0.3, -0.25) is 4.79 Å². The average Bonchev–Trinajstić information content (AvgIpc) is 2.05. The largest absolute Gasteiger partial charge is 0.326 e. The molecule has 1 aromatic heterocycles. The third-order valence-electron chi connectivity index (χ3n) is 1.74. The molecule has 0 saturated carbocycles. The number of pyridine rings is 1. The number of hydrogen-bond acceptors (Lipinski definition) is 4. The fraction of sp³-hybridized carbons (Fsp3) is 0.250. The first kappa shape index (κ1) is 11.6. The molecule has 1 amide bonds. The molecular weight excluding hydrogens is 218 g/mol. The van der Waals surface area contributed by atoms with Crippen molar-refractivity contribution in [2.24, 2.45) is 5.14 Å². The minimum Gasteiger partial charge on any atom is -0.326 e. The molecule has 6 nitrogen and oxygen atoms in total. The Hall–Kier alpha value is -1.47. The van der Waals surface area contributed by atoms with Gasteiger partial charge in [-0.2, -0.15) is 0 Å². The fourth-order valence-corrected chi connectivity index (χ4v) is 1.87. The van der Waals surface area contributed by atoms with Gasteiger partial charge in [-0.25, -0.2) is 18.5 Å². The SMILES string of the molecule is CC(=O)Nc1ccnc(S(N)(=O)=O)c1C. The number of primary sulfonamides is 1. The van der Waals surface area contributed by atoms with Gasteiger partial charge in [-0.1, -0.05) is 0 Å². The van der Waals surface area contributed by atoms with Gasteiger partial charge < -0.3 is 5.32 Å². The number of amides is 1. The monoisotopic (exact) mass is 229 g/mol. The molecular formula is C8H11N3O3S. The van der Waals surface area contributed by atoms with Crippen molar-refractivity contribution < 1.29 is 13.2 Å². The summed E-state index contributed by atoms with van der Waals surface area (Å²) < 4.78 is 22.2. The second-order valence-electron chi connectivity index (χ2n) is 3.01. The van der Waals surface area contributed by atoms with Crippen LogP contribution in [0, 0.1) is 6.92 Å². The summed E-state index contributed by atoms with van der Waals surface area (Å²) in [5.74, 6) is -0.287. The molecule has 82 valence electrons. The van der Waals surface area contributed by atoms with E-state index in [9.17, 15) is 13.2 Å². The second-order valence-corrected chi connectivity index (χ2v) is 4.49. The molecule has 0 bridgehead atoms. The van der Waals surface area contributed by atoms with E-state index in [-0.39, 0.29) is 10.9 Å². The Morgan fingerprint density at radius 3 is 2.60 bits per heavy atom. The maximum atomic E-state index is 11.1. The zero-order valence-electron chi connectivity index (χ0n) is 8.31. The molecule has 0 aliphatic rings. The van der Waals surface area contributed by atoms with Gasteiger partial charge in [-0.15, -0.1) is 0 Å². The number of carbonyl (C=O) groups is 1. The number of hydrogen-bond donors (Lipinski definition) is 2. The van der Waals surface area contributed by atoms with E-state index in [1.54, 1.807) is 0 Å². The molecule has 1 aromatic rings. The van der Waals surface area contributed by atoms with Crippen molar-refractivity contribution in [3.05, 3.63) is 17.8 Å². The lowest BCUT2D eigenvalue weighted by molar-refractivity contribution is -0.114. The predicted octanol–water partition coefficient (Wildman–Crippen LogP) is -0.00418. The molecule has 0 aliphatic heterocycles. The Labute approximate surface area is 87.6 Å². The van der Waals surface area contributed by atoms with E-state index in [1.165, 1.54) is 26.1 Å². The third-order valence-corrected chi connectivity index (χ3v) is 2.69. The zero-order chi connectivity index (χ0) is 11.6. The maximum Gasteiger partial charge on any atom is 0.255 e. The Balaban J connectivity index is 3.30. The van der Waals surface area contributed by atoms with Gasteiger partial charge in [0.05, 0.1) is 0 Å². The van der Waals surface area contributed by atoms with Gasteiger partial charge in [-0.05, 0) is 13.0 Å². The quantitative estimate of drug-likeness (QED) is 0.744. The molecule has 0 atom stereocenters. The van der Waals surface area contributed by atoms with Crippen LogP contribution in [0.15, 0.2) is 17.3 Å². The normalized spacial score (nSPS) is 11.1. The van der Waals surface area contributed by atoms with Gasteiger partial charge in [0.2, 0.25) is 5.91 Å². The van der Waals surface area contributed by atoms with Gasteiger partial charge in [0.15, 0.2) is 5.03 Å². The van der Waals surface area contributed by atoms with Crippen LogP contribution in [-0.2, 0) is 14.8 Å². The van der Waals surface area contributed by atoms with E-state index < -0.39 is 10.0 Å². The van der Waals surface area contributed by atoms with Crippen molar-refractivity contribution in [3.63, 3.8) is 0 Å². The smallest absolute Gasteiger partial charge is 0.255 e. The highest BCUT2D eigenvalue weighted by atomic mass is 32.2. The number of nitrogens with zero attached hydrogens (tertiary/aromatic N) is 1. The zero-order valence-corrected chi connectivity index (χ0v) is 9.13. The van der Waals surface area contributed by atoms with Crippen LogP contribution < -0.4 is 10.5 Å². The molecule has 0 spiro atoms. The first-order chi connectivity index (χ1) is 6.82. The van der Waals surface area contributed by atoms with E-state index in [2.05, 4.69) is 10.3 Å². The molecule has 0 saturated heterocycles. The average molecular weight is 229 g/mol. The van der Waals surface area contributed by atoms with Crippen LogP contribution in [0.5, 0.6) is 0 Å². The summed E-state index contributed by atoms with van der Waals surface area (Å²) in [5, 5.41) is 7.21. The molecule has 7 heteroatoms. The first-order valence-electron chi connectivity index (χ1n) is 4.08. The van der Waals surface area contributed by atoms with Gasteiger partial charge in [0.1, 0.15) is 0 Å². The number of anilines is 1. The number of nitrogens with two attached hydrogens (primary N) is 1. The van der Waals surface area contributed by atoms with E-state index in [0.29, 0.717) is 11.3 Å². The third kappa shape index (κ3) is 2.74. The lowest BCUT2D eigenvalue weighted by Crippen LogP contribution is -2.17. The van der Waals surface area contributed by atoms with E-state index in [1.807, 2.05) is 0 Å². The Kier molecular flexibility index (Phi) is 3.06. The van der Waals surface area contributed by atoms with E-state index >= 15 is 0 Å². The minimum absolute atomic E-state index is 0.228. The number of sulfonamides is 1. The van der Waals surface area contributed by atoms with Crippen LogP contribution >= 0.6 is 0 Å². The molecule has 0 radical (unpaired) electrons. The highest BCUT2D eigenvalue weighted by Crippen LogP contribution is 2.19. The van der Waals surface area contributed by atoms with Crippen LogP contribution in [0.4, 0.5) is 5.69 Å². The lowest BCUT2D eigenvalue weighted by Gasteiger charge is -2.08. The van der Waals surface area contributed by atoms with Crippen LogP contribution in [-0.4, -0.2) is 19.3 Å². The minimum atomic E-state index is -3.85. The summed E-state index contributed by atoms with van der Waals surface area (Å²) in [4.78, 5) is 14.5. The van der Waals surface area contributed by atoms with Gasteiger partial charge >= 0.3 is 0 Å². The van der Waals surface area contributed by atoms with Crippen molar-refractivity contribution in [2.45, 2.75) is 18.9 Å². The molecule has 3 N–H and O–H groups in total. The van der Waals surface area contributed by atoms with E-state index in [4.69, 9.17) is 5.14 Å². The van der Waals surface area contributed by atoms with Crippen LogP contribution in [0.1, 0.15) is 12.5 Å². The summed E-state index contributed by atoms with van der Waals surface area (Å²) in [6, 6.07) is 1.51. The van der Waals surface area contributed by atoms with Crippen LogP contribution in [0.3, 0.4) is 0 Å². The second kappa shape index (κ2) is 3.95. The Morgan fingerprint density at radius 2 is 2.13 bits per heavy atom. The summed E-state index contributed by atoms with van der Waals surface area (Å²) in [5.41, 5.74) is 0.719. The first-order valence-corrected chi connectivity index (χ1v) is 5.63. The fourth-order valence-electron chi connectivity index (χ4n) is 1.13. The molecule has 15 heavy (non-hydrogen) atoms. The van der Waals surface area contributed by atoms with Gasteiger partial charge in [0, 0.05) is 24.4 Å². The molecule has 0 unspecified atom stereocenters. The van der Waals surface area contributed by atoms with Crippen molar-refractivity contribution in [1.29, 1.82) is 0 Å². The maximum absolute atomic E-state index is 11.1. The number of nitrogens with one attached hydrogen (secondary N) is 1. The summed E-state index contributed by atoms with van der Waals surface area (Å²) in [6.45, 7) is 2.86. The van der Waals surface area contributed by atoms with E-state index in [0.717, 1.165) is 0 Å². The topological polar surface area (TPSA) is 102 Å². The molecule has 0 aliphatic carbocycles. The summed E-state index contributed by atoms with van der Waals surface area (Å²) in [7, 11) is -3.85. The van der Waals surface area contributed by atoms with Crippen LogP contribution in [0.2, 0.25) is 0 Å². The predicted molar refractivity (Wildman–Crippen MR) is 54.7 cm³/mol. The Morgan fingerprint density at radius 1 is 1.53 bits per heavy atom. The molecule has 0 aromatic carbocycles. The number of aromatic nitrogens is 1. The number of rotatable bonds is 2. The molecule has 1 heterocycles. The van der Waals surface area contributed by atoms with Crippen molar-refractivity contribution in [3.8, 4) is 0 Å². The van der Waals surface area contributed by atoms with Crippen molar-refractivity contribution >= 4 is 21.6 Å².